The fourth-order valence-electron chi connectivity index (χ4n) is 1.53. The summed E-state index contributed by atoms with van der Waals surface area (Å²) in [6.45, 7) is 4.25. The molecule has 2 N–H and O–H groups in total. The van der Waals surface area contributed by atoms with E-state index < -0.39 is 0 Å². The lowest BCUT2D eigenvalue weighted by Gasteiger charge is -2.06. The van der Waals surface area contributed by atoms with Gasteiger partial charge in [0.25, 0.3) is 0 Å². The Labute approximate surface area is 94.0 Å². The average molecular weight is 217 g/mol. The molecular formula is C12H15N3O. The predicted molar refractivity (Wildman–Crippen MR) is 62.8 cm³/mol. The van der Waals surface area contributed by atoms with Crippen molar-refractivity contribution in [2.45, 2.75) is 20.4 Å². The first kappa shape index (κ1) is 10.7. The molecule has 0 spiro atoms. The molecule has 0 aliphatic carbocycles. The molecule has 2 aromatic rings. The van der Waals surface area contributed by atoms with Crippen LogP contribution in [0, 0.1) is 5.92 Å². The monoisotopic (exact) mass is 217 g/mol. The van der Waals surface area contributed by atoms with E-state index in [0.717, 1.165) is 16.6 Å². The van der Waals surface area contributed by atoms with Gasteiger partial charge in [0.2, 0.25) is 5.91 Å². The van der Waals surface area contributed by atoms with Crippen molar-refractivity contribution in [3.63, 3.8) is 0 Å². The van der Waals surface area contributed by atoms with E-state index in [4.69, 9.17) is 0 Å². The van der Waals surface area contributed by atoms with Crippen LogP contribution in [0.2, 0.25) is 0 Å². The highest BCUT2D eigenvalue weighted by Crippen LogP contribution is 2.14. The van der Waals surface area contributed by atoms with Gasteiger partial charge < -0.3 is 5.32 Å². The highest BCUT2D eigenvalue weighted by atomic mass is 16.1. The molecule has 2 rings (SSSR count). The molecule has 0 radical (unpaired) electrons. The van der Waals surface area contributed by atoms with Crippen LogP contribution in [0.1, 0.15) is 19.5 Å². The van der Waals surface area contributed by atoms with E-state index in [9.17, 15) is 4.79 Å². The first-order valence-electron chi connectivity index (χ1n) is 5.38. The Bertz CT molecular complexity index is 502. The number of carbonyl (C=O) groups is 1. The van der Waals surface area contributed by atoms with Crippen LogP contribution in [0.15, 0.2) is 24.3 Å². The number of hydrogen-bond donors (Lipinski definition) is 2. The van der Waals surface area contributed by atoms with Gasteiger partial charge in [-0.3, -0.25) is 9.89 Å². The Balaban J connectivity index is 2.13. The number of benzene rings is 1. The molecule has 0 atom stereocenters. The van der Waals surface area contributed by atoms with E-state index in [-0.39, 0.29) is 11.8 Å². The number of H-pyrrole nitrogens is 1. The Kier molecular flexibility index (Phi) is 2.90. The zero-order valence-corrected chi connectivity index (χ0v) is 9.45. The second kappa shape index (κ2) is 4.35. The molecular weight excluding hydrogens is 202 g/mol. The van der Waals surface area contributed by atoms with Crippen molar-refractivity contribution in [2.24, 2.45) is 5.92 Å². The zero-order chi connectivity index (χ0) is 11.5. The van der Waals surface area contributed by atoms with Crippen LogP contribution in [0.4, 0.5) is 0 Å². The summed E-state index contributed by atoms with van der Waals surface area (Å²) in [5.74, 6) is 0.0628. The molecule has 0 saturated carbocycles. The van der Waals surface area contributed by atoms with Crippen LogP contribution in [0.5, 0.6) is 0 Å². The van der Waals surface area contributed by atoms with Crippen molar-refractivity contribution in [2.75, 3.05) is 0 Å². The normalized spacial score (nSPS) is 10.9. The zero-order valence-electron chi connectivity index (χ0n) is 9.45. The van der Waals surface area contributed by atoms with Gasteiger partial charge in [-0.05, 0) is 6.07 Å². The van der Waals surface area contributed by atoms with E-state index in [1.807, 2.05) is 38.1 Å². The number of carbonyl (C=O) groups excluding carboxylic acids is 1. The fraction of sp³-hybridized carbons (Fsp3) is 0.333. The number of rotatable bonds is 3. The molecule has 0 bridgehead atoms. The van der Waals surface area contributed by atoms with Gasteiger partial charge in [0, 0.05) is 11.3 Å². The van der Waals surface area contributed by atoms with Gasteiger partial charge in [0.15, 0.2) is 0 Å². The number of nitrogens with zero attached hydrogens (tertiary/aromatic N) is 1. The number of nitrogens with one attached hydrogen (secondary N) is 2. The van der Waals surface area contributed by atoms with Crippen molar-refractivity contribution in [1.29, 1.82) is 0 Å². The van der Waals surface area contributed by atoms with Crippen LogP contribution in [-0.2, 0) is 11.3 Å². The van der Waals surface area contributed by atoms with Crippen LogP contribution in [0.3, 0.4) is 0 Å². The highest BCUT2D eigenvalue weighted by Gasteiger charge is 2.08. The van der Waals surface area contributed by atoms with Crippen LogP contribution >= 0.6 is 0 Å². The first-order chi connectivity index (χ1) is 7.68. The van der Waals surface area contributed by atoms with Gasteiger partial charge in [-0.15, -0.1) is 0 Å². The molecule has 1 amide bonds. The number of aromatic nitrogens is 2. The highest BCUT2D eigenvalue weighted by molar-refractivity contribution is 5.82. The Morgan fingerprint density at radius 2 is 2.19 bits per heavy atom. The smallest absolute Gasteiger partial charge is 0.222 e. The number of para-hydroxylation sites is 1. The third kappa shape index (κ3) is 2.05. The second-order valence-corrected chi connectivity index (χ2v) is 4.09. The van der Waals surface area contributed by atoms with Crippen molar-refractivity contribution in [3.8, 4) is 0 Å². The number of aromatic amines is 1. The largest absolute Gasteiger partial charge is 0.350 e. The third-order valence-corrected chi connectivity index (χ3v) is 2.50. The molecule has 0 aliphatic heterocycles. The molecule has 1 aromatic carbocycles. The van der Waals surface area contributed by atoms with E-state index in [1.54, 1.807) is 0 Å². The number of hydrogen-bond acceptors (Lipinski definition) is 2. The second-order valence-electron chi connectivity index (χ2n) is 4.09. The summed E-state index contributed by atoms with van der Waals surface area (Å²) in [5.41, 5.74) is 1.88. The van der Waals surface area contributed by atoms with Crippen molar-refractivity contribution in [1.82, 2.24) is 15.5 Å². The third-order valence-electron chi connectivity index (χ3n) is 2.50. The molecule has 84 valence electrons. The predicted octanol–water partition coefficient (Wildman–Crippen LogP) is 1.84. The molecule has 16 heavy (non-hydrogen) atoms. The van der Waals surface area contributed by atoms with Crippen molar-refractivity contribution in [3.05, 3.63) is 30.0 Å². The van der Waals surface area contributed by atoms with E-state index in [2.05, 4.69) is 15.5 Å². The summed E-state index contributed by atoms with van der Waals surface area (Å²) < 4.78 is 0. The van der Waals surface area contributed by atoms with Gasteiger partial charge >= 0.3 is 0 Å². The summed E-state index contributed by atoms with van der Waals surface area (Å²) in [7, 11) is 0. The number of fused-ring (bicyclic) bond motifs is 1. The van der Waals surface area contributed by atoms with Crippen molar-refractivity contribution < 1.29 is 4.79 Å². The van der Waals surface area contributed by atoms with Gasteiger partial charge in [0.05, 0.1) is 17.8 Å². The van der Waals surface area contributed by atoms with Gasteiger partial charge in [-0.25, -0.2) is 0 Å². The summed E-state index contributed by atoms with van der Waals surface area (Å²) >= 11 is 0. The Hall–Kier alpha value is -1.84. The maximum atomic E-state index is 11.4. The summed E-state index contributed by atoms with van der Waals surface area (Å²) in [6.07, 6.45) is 0. The minimum absolute atomic E-state index is 0.00851. The molecule has 0 unspecified atom stereocenters. The summed E-state index contributed by atoms with van der Waals surface area (Å²) in [5, 5.41) is 11.0. The van der Waals surface area contributed by atoms with Gasteiger partial charge in [0.1, 0.15) is 0 Å². The van der Waals surface area contributed by atoms with Gasteiger partial charge in [-0.1, -0.05) is 32.0 Å². The quantitative estimate of drug-likeness (QED) is 0.824. The van der Waals surface area contributed by atoms with E-state index in [1.165, 1.54) is 0 Å². The van der Waals surface area contributed by atoms with Gasteiger partial charge in [-0.2, -0.15) is 5.10 Å². The standard InChI is InChI=1S/C12H15N3O/c1-8(2)12(16)13-7-11-9-5-3-4-6-10(9)14-15-11/h3-6,8H,7H2,1-2H3,(H,13,16)(H,14,15). The Morgan fingerprint density at radius 1 is 1.44 bits per heavy atom. The van der Waals surface area contributed by atoms with Crippen LogP contribution in [-0.4, -0.2) is 16.1 Å². The summed E-state index contributed by atoms with van der Waals surface area (Å²) in [4.78, 5) is 11.4. The fourth-order valence-corrected chi connectivity index (χ4v) is 1.53. The minimum atomic E-state index is 0.00851. The maximum absolute atomic E-state index is 11.4. The molecule has 0 saturated heterocycles. The summed E-state index contributed by atoms with van der Waals surface area (Å²) in [6, 6.07) is 7.85. The molecule has 1 aromatic heterocycles. The van der Waals surface area contributed by atoms with E-state index >= 15 is 0 Å². The first-order valence-corrected chi connectivity index (χ1v) is 5.38. The molecule has 0 aliphatic rings. The maximum Gasteiger partial charge on any atom is 0.222 e. The lowest BCUT2D eigenvalue weighted by molar-refractivity contribution is -0.124. The molecule has 0 fully saturated rings. The topological polar surface area (TPSA) is 57.8 Å². The Morgan fingerprint density at radius 3 is 2.94 bits per heavy atom. The van der Waals surface area contributed by atoms with Crippen LogP contribution in [0.25, 0.3) is 10.9 Å². The number of amides is 1. The molecule has 1 heterocycles. The SMILES string of the molecule is CC(C)C(=O)NCc1[nH]nc2ccccc12. The van der Waals surface area contributed by atoms with Crippen molar-refractivity contribution >= 4 is 16.8 Å². The lowest BCUT2D eigenvalue weighted by atomic mass is 10.2. The average Bonchev–Trinajstić information content (AvgIpc) is 2.69. The minimum Gasteiger partial charge on any atom is -0.350 e. The molecule has 4 heteroatoms. The van der Waals surface area contributed by atoms with Crippen LogP contribution < -0.4 is 5.32 Å². The molecule has 4 nitrogen and oxygen atoms in total. The lowest BCUT2D eigenvalue weighted by Crippen LogP contribution is -2.27. The van der Waals surface area contributed by atoms with E-state index in [0.29, 0.717) is 6.54 Å².